The van der Waals surface area contributed by atoms with Crippen LogP contribution in [0.15, 0.2) is 59.2 Å². The largest absolute Gasteiger partial charge is 0.494 e. The first-order valence-electron chi connectivity index (χ1n) is 9.23. The predicted octanol–water partition coefficient (Wildman–Crippen LogP) is 4.92. The molecule has 0 bridgehead atoms. The number of thiophene rings is 1. The summed E-state index contributed by atoms with van der Waals surface area (Å²) in [6.07, 6.45) is 2.85. The number of hydrogen-bond acceptors (Lipinski definition) is 5. The van der Waals surface area contributed by atoms with E-state index in [1.54, 1.807) is 12.1 Å². The monoisotopic (exact) mass is 400 g/mol. The van der Waals surface area contributed by atoms with Gasteiger partial charge in [-0.05, 0) is 55.0 Å². The molecule has 7 heteroatoms. The van der Waals surface area contributed by atoms with Crippen LogP contribution in [0.3, 0.4) is 0 Å². The Labute approximate surface area is 168 Å². The highest BCUT2D eigenvalue weighted by Gasteiger charge is 2.15. The third-order valence-electron chi connectivity index (χ3n) is 4.07. The van der Waals surface area contributed by atoms with Gasteiger partial charge in [0.1, 0.15) is 17.6 Å². The molecule has 0 aliphatic rings. The molecule has 1 unspecified atom stereocenters. The van der Waals surface area contributed by atoms with Crippen LogP contribution in [0, 0.1) is 0 Å². The number of amides is 2. The number of hydrogen-bond donors (Lipinski definition) is 3. The zero-order valence-corrected chi connectivity index (χ0v) is 16.5. The Morgan fingerprint density at radius 3 is 2.75 bits per heavy atom. The Morgan fingerprint density at radius 2 is 2.04 bits per heavy atom. The van der Waals surface area contributed by atoms with Gasteiger partial charge in [-0.25, -0.2) is 4.79 Å². The van der Waals surface area contributed by atoms with E-state index in [2.05, 4.69) is 17.6 Å². The van der Waals surface area contributed by atoms with Gasteiger partial charge in [-0.15, -0.1) is 11.3 Å². The summed E-state index contributed by atoms with van der Waals surface area (Å²) in [6, 6.07) is 14.2. The Kier molecular flexibility index (Phi) is 7.11. The Balaban J connectivity index is 1.45. The molecule has 6 nitrogen and oxygen atoms in total. The summed E-state index contributed by atoms with van der Waals surface area (Å²) in [5.74, 6) is 1.29. The van der Waals surface area contributed by atoms with Gasteiger partial charge in [0.15, 0.2) is 0 Å². The number of nitrogens with one attached hydrogen (secondary N) is 2. The van der Waals surface area contributed by atoms with Crippen LogP contribution < -0.4 is 15.4 Å². The van der Waals surface area contributed by atoms with E-state index >= 15 is 0 Å². The van der Waals surface area contributed by atoms with Gasteiger partial charge in [0.25, 0.3) is 0 Å². The summed E-state index contributed by atoms with van der Waals surface area (Å²) < 4.78 is 10.8. The van der Waals surface area contributed by atoms with Crippen molar-refractivity contribution in [2.75, 3.05) is 11.9 Å². The minimum absolute atomic E-state index is 0.291. The van der Waals surface area contributed by atoms with Gasteiger partial charge in [-0.1, -0.05) is 13.3 Å². The Hall–Kier alpha value is -2.77. The number of furan rings is 1. The molecule has 3 rings (SSSR count). The summed E-state index contributed by atoms with van der Waals surface area (Å²) in [5.41, 5.74) is 0.695. The number of anilines is 1. The summed E-state index contributed by atoms with van der Waals surface area (Å²) in [7, 11) is 0. The Bertz CT molecular complexity index is 859. The number of carbonyl (C=O) groups is 1. The number of urea groups is 1. The SMILES string of the molecule is CCCCOc1ccc(NC(=O)NCc2ccc(C(O)c3ccco3)s2)cc1. The molecule has 0 saturated carbocycles. The first kappa shape index (κ1) is 20.0. The maximum absolute atomic E-state index is 12.1. The van der Waals surface area contributed by atoms with Gasteiger partial charge in [-0.2, -0.15) is 0 Å². The van der Waals surface area contributed by atoms with Crippen LogP contribution in [-0.4, -0.2) is 17.7 Å². The number of rotatable bonds is 9. The zero-order chi connectivity index (χ0) is 19.8. The van der Waals surface area contributed by atoms with E-state index in [4.69, 9.17) is 9.15 Å². The van der Waals surface area contributed by atoms with Crippen molar-refractivity contribution in [1.29, 1.82) is 0 Å². The second kappa shape index (κ2) is 9.96. The van der Waals surface area contributed by atoms with E-state index in [-0.39, 0.29) is 6.03 Å². The lowest BCUT2D eigenvalue weighted by Crippen LogP contribution is -2.27. The third kappa shape index (κ3) is 5.61. The molecule has 1 aromatic carbocycles. The molecule has 2 heterocycles. The molecule has 2 aromatic heterocycles. The van der Waals surface area contributed by atoms with Crippen molar-refractivity contribution >= 4 is 23.1 Å². The second-order valence-electron chi connectivity index (χ2n) is 6.26. The number of aliphatic hydroxyl groups excluding tert-OH is 1. The molecule has 0 spiro atoms. The quantitative estimate of drug-likeness (QED) is 0.445. The molecule has 1 atom stereocenters. The van der Waals surface area contributed by atoms with Crippen LogP contribution in [0.2, 0.25) is 0 Å². The molecule has 0 saturated heterocycles. The molecule has 0 aliphatic heterocycles. The van der Waals surface area contributed by atoms with Crippen molar-refractivity contribution < 1.29 is 19.1 Å². The van der Waals surface area contributed by atoms with Gasteiger partial charge in [0.2, 0.25) is 0 Å². The van der Waals surface area contributed by atoms with Crippen molar-refractivity contribution in [2.45, 2.75) is 32.4 Å². The highest BCUT2D eigenvalue weighted by Crippen LogP contribution is 2.28. The van der Waals surface area contributed by atoms with Gasteiger partial charge in [-0.3, -0.25) is 0 Å². The number of benzene rings is 1. The average Bonchev–Trinajstić information content (AvgIpc) is 3.40. The van der Waals surface area contributed by atoms with Crippen LogP contribution in [-0.2, 0) is 6.54 Å². The molecule has 28 heavy (non-hydrogen) atoms. The molecule has 0 radical (unpaired) electrons. The van der Waals surface area contributed by atoms with Gasteiger partial charge in [0, 0.05) is 15.4 Å². The van der Waals surface area contributed by atoms with E-state index in [0.717, 1.165) is 28.3 Å². The van der Waals surface area contributed by atoms with Gasteiger partial charge < -0.3 is 24.9 Å². The average molecular weight is 401 g/mol. The molecule has 2 amide bonds. The van der Waals surface area contributed by atoms with E-state index in [0.29, 0.717) is 24.6 Å². The topological polar surface area (TPSA) is 83.7 Å². The van der Waals surface area contributed by atoms with Crippen LogP contribution >= 0.6 is 11.3 Å². The molecular weight excluding hydrogens is 376 g/mol. The second-order valence-corrected chi connectivity index (χ2v) is 7.46. The normalized spacial score (nSPS) is 11.8. The van der Waals surface area contributed by atoms with E-state index in [1.807, 2.05) is 36.4 Å². The zero-order valence-electron chi connectivity index (χ0n) is 15.7. The van der Waals surface area contributed by atoms with E-state index in [1.165, 1.54) is 17.6 Å². The number of aliphatic hydroxyl groups is 1. The fourth-order valence-corrected chi connectivity index (χ4v) is 3.48. The third-order valence-corrected chi connectivity index (χ3v) is 5.20. The first-order valence-corrected chi connectivity index (χ1v) is 10.0. The molecular formula is C21H24N2O4S. The number of unbranched alkanes of at least 4 members (excludes halogenated alkanes) is 1. The fraction of sp³-hybridized carbons (Fsp3) is 0.286. The minimum Gasteiger partial charge on any atom is -0.494 e. The molecule has 0 aliphatic carbocycles. The smallest absolute Gasteiger partial charge is 0.319 e. The van der Waals surface area contributed by atoms with E-state index in [9.17, 15) is 9.90 Å². The molecule has 3 aromatic rings. The van der Waals surface area contributed by atoms with Gasteiger partial charge >= 0.3 is 6.03 Å². The van der Waals surface area contributed by atoms with Crippen molar-refractivity contribution in [3.8, 4) is 5.75 Å². The summed E-state index contributed by atoms with van der Waals surface area (Å²) in [6.45, 7) is 3.19. The van der Waals surface area contributed by atoms with Crippen molar-refractivity contribution in [1.82, 2.24) is 5.32 Å². The summed E-state index contributed by atoms with van der Waals surface area (Å²) in [4.78, 5) is 13.8. The number of carbonyl (C=O) groups excluding carboxylic acids is 1. The lowest BCUT2D eigenvalue weighted by molar-refractivity contribution is 0.193. The maximum atomic E-state index is 12.1. The molecule has 0 fully saturated rings. The fourth-order valence-electron chi connectivity index (χ4n) is 2.54. The maximum Gasteiger partial charge on any atom is 0.319 e. The minimum atomic E-state index is -0.791. The van der Waals surface area contributed by atoms with Crippen molar-refractivity contribution in [3.05, 3.63) is 70.3 Å². The highest BCUT2D eigenvalue weighted by atomic mass is 32.1. The van der Waals surface area contributed by atoms with Crippen LogP contribution in [0.4, 0.5) is 10.5 Å². The lowest BCUT2D eigenvalue weighted by atomic mass is 10.2. The highest BCUT2D eigenvalue weighted by molar-refractivity contribution is 7.12. The van der Waals surface area contributed by atoms with Crippen molar-refractivity contribution in [2.24, 2.45) is 0 Å². The standard InChI is InChI=1S/C21H24N2O4S/c1-2-3-12-26-16-8-6-15(7-9-16)23-21(25)22-14-17-10-11-19(28-17)20(24)18-5-4-13-27-18/h4-11,13,20,24H,2-3,12,14H2,1H3,(H2,22,23,25). The summed E-state index contributed by atoms with van der Waals surface area (Å²) in [5, 5.41) is 15.9. The predicted molar refractivity (Wildman–Crippen MR) is 110 cm³/mol. The van der Waals surface area contributed by atoms with Crippen LogP contribution in [0.5, 0.6) is 5.75 Å². The van der Waals surface area contributed by atoms with E-state index < -0.39 is 6.10 Å². The summed E-state index contributed by atoms with van der Waals surface area (Å²) >= 11 is 1.43. The first-order chi connectivity index (χ1) is 13.7. The lowest BCUT2D eigenvalue weighted by Gasteiger charge is -2.09. The van der Waals surface area contributed by atoms with Crippen LogP contribution in [0.25, 0.3) is 0 Å². The van der Waals surface area contributed by atoms with Crippen molar-refractivity contribution in [3.63, 3.8) is 0 Å². The molecule has 3 N–H and O–H groups in total. The Morgan fingerprint density at radius 1 is 1.21 bits per heavy atom. The number of ether oxygens (including phenoxy) is 1. The van der Waals surface area contributed by atoms with Crippen LogP contribution in [0.1, 0.15) is 41.4 Å². The van der Waals surface area contributed by atoms with Gasteiger partial charge in [0.05, 0.1) is 19.4 Å². The molecule has 148 valence electrons.